The highest BCUT2D eigenvalue weighted by molar-refractivity contribution is 9.10. The third-order valence-electron chi connectivity index (χ3n) is 4.55. The van der Waals surface area contributed by atoms with Gasteiger partial charge in [-0.25, -0.2) is 9.18 Å². The Hall–Kier alpha value is -3.23. The highest BCUT2D eigenvalue weighted by Crippen LogP contribution is 2.27. The van der Waals surface area contributed by atoms with Gasteiger partial charge in [0.05, 0.1) is 16.1 Å². The topological polar surface area (TPSA) is 81.3 Å². The Balaban J connectivity index is 1.65. The van der Waals surface area contributed by atoms with Crippen molar-refractivity contribution in [2.45, 2.75) is 6.54 Å². The van der Waals surface area contributed by atoms with Gasteiger partial charge in [-0.05, 0) is 48.5 Å². The van der Waals surface area contributed by atoms with Crippen LogP contribution in [-0.2, 0) is 11.3 Å². The highest BCUT2D eigenvalue weighted by Gasteiger charge is 2.21. The van der Waals surface area contributed by atoms with Crippen molar-refractivity contribution in [2.75, 3.05) is 5.32 Å². The Morgan fingerprint density at radius 1 is 1.06 bits per heavy atom. The van der Waals surface area contributed by atoms with Gasteiger partial charge in [-0.3, -0.25) is 14.2 Å². The minimum absolute atomic E-state index is 0.00335. The fourth-order valence-corrected chi connectivity index (χ4v) is 3.58. The van der Waals surface area contributed by atoms with Crippen LogP contribution in [-0.4, -0.2) is 16.3 Å². The number of carbonyl (C=O) groups is 2. The van der Waals surface area contributed by atoms with Gasteiger partial charge >= 0.3 is 5.76 Å². The normalized spacial score (nSPS) is 10.9. The predicted molar refractivity (Wildman–Crippen MR) is 118 cm³/mol. The molecule has 0 fully saturated rings. The quantitative estimate of drug-likeness (QED) is 0.388. The zero-order valence-electron chi connectivity index (χ0n) is 15.7. The van der Waals surface area contributed by atoms with Gasteiger partial charge in [0, 0.05) is 15.7 Å². The molecule has 6 nitrogen and oxygen atoms in total. The van der Waals surface area contributed by atoms with E-state index in [-0.39, 0.29) is 33.8 Å². The van der Waals surface area contributed by atoms with Crippen molar-refractivity contribution >= 4 is 56.0 Å². The first kappa shape index (κ1) is 21.0. The minimum Gasteiger partial charge on any atom is -0.408 e. The van der Waals surface area contributed by atoms with Crippen LogP contribution < -0.4 is 11.1 Å². The number of aromatic nitrogens is 1. The van der Waals surface area contributed by atoms with Crippen LogP contribution in [0.1, 0.15) is 15.9 Å². The van der Waals surface area contributed by atoms with Gasteiger partial charge in [0.15, 0.2) is 11.4 Å². The van der Waals surface area contributed by atoms with Gasteiger partial charge in [0.25, 0.3) is 0 Å². The largest absolute Gasteiger partial charge is 0.420 e. The average Bonchev–Trinajstić information content (AvgIpc) is 3.03. The summed E-state index contributed by atoms with van der Waals surface area (Å²) in [5, 5.41) is 2.68. The molecule has 3 aromatic carbocycles. The summed E-state index contributed by atoms with van der Waals surface area (Å²) < 4.78 is 21.2. The van der Waals surface area contributed by atoms with Crippen LogP contribution in [0.5, 0.6) is 0 Å². The van der Waals surface area contributed by atoms with Crippen LogP contribution in [0, 0.1) is 5.82 Å². The number of anilines is 1. The summed E-state index contributed by atoms with van der Waals surface area (Å²) in [5.74, 6) is -2.57. The Kier molecular flexibility index (Phi) is 5.75. The summed E-state index contributed by atoms with van der Waals surface area (Å²) in [6.45, 7) is -0.321. The molecule has 1 N–H and O–H groups in total. The van der Waals surface area contributed by atoms with E-state index >= 15 is 0 Å². The van der Waals surface area contributed by atoms with E-state index in [0.717, 1.165) is 9.04 Å². The number of carbonyl (C=O) groups excluding carboxylic acids is 2. The molecule has 4 rings (SSSR count). The number of nitrogens with one attached hydrogen (secondary N) is 1. The highest BCUT2D eigenvalue weighted by atomic mass is 79.9. The van der Waals surface area contributed by atoms with Gasteiger partial charge in [0.2, 0.25) is 5.91 Å². The summed E-state index contributed by atoms with van der Waals surface area (Å²) in [6, 6.07) is 15.1. The lowest BCUT2D eigenvalue weighted by Gasteiger charge is -2.07. The van der Waals surface area contributed by atoms with Crippen LogP contribution in [0.2, 0.25) is 5.02 Å². The van der Waals surface area contributed by atoms with Crippen molar-refractivity contribution in [3.8, 4) is 0 Å². The van der Waals surface area contributed by atoms with E-state index < -0.39 is 23.3 Å². The average molecular weight is 504 g/mol. The molecule has 0 atom stereocenters. The molecule has 0 unspecified atom stereocenters. The second-order valence-electron chi connectivity index (χ2n) is 6.62. The number of rotatable bonds is 5. The molecule has 9 heteroatoms. The van der Waals surface area contributed by atoms with Crippen molar-refractivity contribution in [3.05, 3.63) is 97.7 Å². The van der Waals surface area contributed by atoms with Crippen molar-refractivity contribution in [3.63, 3.8) is 0 Å². The number of nitrogens with zero attached hydrogens (tertiary/aromatic N) is 1. The van der Waals surface area contributed by atoms with E-state index in [1.165, 1.54) is 36.4 Å². The van der Waals surface area contributed by atoms with Crippen LogP contribution in [0.4, 0.5) is 10.1 Å². The second-order valence-corrected chi connectivity index (χ2v) is 7.94. The fraction of sp³-hybridized carbons (Fsp3) is 0.0455. The van der Waals surface area contributed by atoms with Crippen LogP contribution in [0.3, 0.4) is 0 Å². The minimum atomic E-state index is -0.785. The number of benzene rings is 3. The first-order valence-electron chi connectivity index (χ1n) is 9.01. The molecule has 0 spiro atoms. The standard InChI is InChI=1S/C22H13BrClFN2O4/c23-12-5-7-13(8-6-12)26-20(28)11-27-18-10-16(24)15(9-19(18)31-22(27)30)21(29)14-3-1-2-4-17(14)25/h1-10H,11H2,(H,26,28). The molecule has 0 saturated carbocycles. The number of amides is 1. The molecule has 0 saturated heterocycles. The number of ketones is 1. The van der Waals surface area contributed by atoms with E-state index in [1.807, 2.05) is 0 Å². The van der Waals surface area contributed by atoms with Crippen molar-refractivity contribution < 1.29 is 18.4 Å². The van der Waals surface area contributed by atoms with E-state index in [0.29, 0.717) is 5.69 Å². The van der Waals surface area contributed by atoms with Crippen molar-refractivity contribution in [1.82, 2.24) is 4.57 Å². The molecule has 1 aromatic heterocycles. The van der Waals surface area contributed by atoms with Crippen LogP contribution in [0.25, 0.3) is 11.1 Å². The third kappa shape index (κ3) is 4.30. The van der Waals surface area contributed by atoms with E-state index in [4.69, 9.17) is 16.0 Å². The number of oxazole rings is 1. The fourth-order valence-electron chi connectivity index (χ4n) is 3.07. The molecule has 0 aliphatic carbocycles. The first-order chi connectivity index (χ1) is 14.8. The third-order valence-corrected chi connectivity index (χ3v) is 5.39. The zero-order valence-corrected chi connectivity index (χ0v) is 18.0. The van der Waals surface area contributed by atoms with E-state index in [2.05, 4.69) is 21.2 Å². The summed E-state index contributed by atoms with van der Waals surface area (Å²) in [6.07, 6.45) is 0. The Morgan fingerprint density at radius 2 is 1.77 bits per heavy atom. The van der Waals surface area contributed by atoms with Crippen molar-refractivity contribution in [2.24, 2.45) is 0 Å². The lowest BCUT2D eigenvalue weighted by Crippen LogP contribution is -2.24. The van der Waals surface area contributed by atoms with Gasteiger partial charge in [-0.1, -0.05) is 39.7 Å². The van der Waals surface area contributed by atoms with E-state index in [1.54, 1.807) is 24.3 Å². The SMILES string of the molecule is O=C(Cn1c(=O)oc2cc(C(=O)c3ccccc3F)c(Cl)cc21)Nc1ccc(Br)cc1. The monoisotopic (exact) mass is 502 g/mol. The predicted octanol–water partition coefficient (Wildman–Crippen LogP) is 5.02. The number of hydrogen-bond donors (Lipinski definition) is 1. The molecule has 1 heterocycles. The maximum atomic E-state index is 14.0. The lowest BCUT2D eigenvalue weighted by molar-refractivity contribution is -0.116. The summed E-state index contributed by atoms with van der Waals surface area (Å²) in [4.78, 5) is 37.4. The molecular formula is C22H13BrClFN2O4. The molecule has 0 bridgehead atoms. The molecule has 31 heavy (non-hydrogen) atoms. The first-order valence-corrected chi connectivity index (χ1v) is 10.2. The summed E-state index contributed by atoms with van der Waals surface area (Å²) in [5.41, 5.74) is 0.695. The van der Waals surface area contributed by atoms with Gasteiger partial charge in [-0.2, -0.15) is 0 Å². The molecule has 4 aromatic rings. The molecular weight excluding hydrogens is 491 g/mol. The van der Waals surface area contributed by atoms with Crippen molar-refractivity contribution in [1.29, 1.82) is 0 Å². The van der Waals surface area contributed by atoms with Gasteiger partial charge in [-0.15, -0.1) is 0 Å². The van der Waals surface area contributed by atoms with Gasteiger partial charge in [0.1, 0.15) is 12.4 Å². The second kappa shape index (κ2) is 8.49. The molecule has 0 aliphatic heterocycles. The Labute approximate surface area is 188 Å². The Morgan fingerprint density at radius 3 is 2.48 bits per heavy atom. The molecule has 0 aliphatic rings. The summed E-state index contributed by atoms with van der Waals surface area (Å²) in [7, 11) is 0. The maximum absolute atomic E-state index is 14.0. The molecule has 1 amide bonds. The van der Waals surface area contributed by atoms with Crippen LogP contribution >= 0.6 is 27.5 Å². The lowest BCUT2D eigenvalue weighted by atomic mass is 10.0. The Bertz CT molecular complexity index is 1380. The summed E-state index contributed by atoms with van der Waals surface area (Å²) >= 11 is 9.57. The molecule has 156 valence electrons. The van der Waals surface area contributed by atoms with E-state index in [9.17, 15) is 18.8 Å². The van der Waals surface area contributed by atoms with Crippen LogP contribution in [0.15, 0.2) is 74.3 Å². The smallest absolute Gasteiger partial charge is 0.408 e. The molecule has 0 radical (unpaired) electrons. The number of hydrogen-bond acceptors (Lipinski definition) is 4. The maximum Gasteiger partial charge on any atom is 0.420 e. The zero-order chi connectivity index (χ0) is 22.1. The number of halogens is 3. The number of fused-ring (bicyclic) bond motifs is 1. The van der Waals surface area contributed by atoms with Gasteiger partial charge < -0.3 is 9.73 Å².